The molecule has 0 saturated carbocycles. The Kier molecular flexibility index (Phi) is 3.97. The lowest BCUT2D eigenvalue weighted by Gasteiger charge is -2.15. The van der Waals surface area contributed by atoms with Crippen molar-refractivity contribution in [2.24, 2.45) is 7.05 Å². The van der Waals surface area contributed by atoms with Crippen molar-refractivity contribution in [3.05, 3.63) is 39.8 Å². The number of likely N-dealkylation sites (N-methyl/N-ethyl adjacent to an activating group) is 1. The minimum atomic E-state index is 0.397. The topological polar surface area (TPSA) is 29.9 Å². The summed E-state index contributed by atoms with van der Waals surface area (Å²) in [5.41, 5.74) is 2.74. The third-order valence-corrected chi connectivity index (χ3v) is 4.10. The van der Waals surface area contributed by atoms with E-state index in [0.29, 0.717) is 6.04 Å². The molecule has 2 heterocycles. The zero-order valence-electron chi connectivity index (χ0n) is 10.6. The van der Waals surface area contributed by atoms with E-state index in [1.807, 2.05) is 36.3 Å². The molecule has 0 aliphatic carbocycles. The molecule has 0 radical (unpaired) electrons. The fraction of sp³-hybridized carbons (Fsp3) is 0.462. The molecular weight excluding hydrogens is 230 g/mol. The number of hydrogen-bond acceptors (Lipinski definition) is 3. The number of aromatic nitrogens is 2. The average Bonchev–Trinajstić information content (AvgIpc) is 2.94. The monoisotopic (exact) mass is 249 g/mol. The summed E-state index contributed by atoms with van der Waals surface area (Å²) in [7, 11) is 3.99. The summed E-state index contributed by atoms with van der Waals surface area (Å²) in [6.07, 6.45) is 6.13. The van der Waals surface area contributed by atoms with Gasteiger partial charge in [-0.2, -0.15) is 5.10 Å². The van der Waals surface area contributed by atoms with Crippen molar-refractivity contribution in [2.75, 3.05) is 7.05 Å². The predicted molar refractivity (Wildman–Crippen MR) is 72.4 cm³/mol. The van der Waals surface area contributed by atoms with Gasteiger partial charge in [0, 0.05) is 24.2 Å². The Bertz CT molecular complexity index is 472. The molecule has 0 saturated heterocycles. The lowest BCUT2D eigenvalue weighted by Crippen LogP contribution is -2.18. The molecule has 2 rings (SSSR count). The highest BCUT2D eigenvalue weighted by Gasteiger charge is 2.15. The standard InChI is InChI=1S/C13H19N3S/c1-4-11-5-6-17-13(11)12(14-2)7-10-8-15-16(3)9-10/h5-6,8-9,12,14H,4,7H2,1-3H3. The molecule has 0 amide bonds. The van der Waals surface area contributed by atoms with Crippen LogP contribution in [-0.2, 0) is 19.9 Å². The van der Waals surface area contributed by atoms with E-state index in [1.165, 1.54) is 16.0 Å². The third-order valence-electron chi connectivity index (χ3n) is 3.02. The van der Waals surface area contributed by atoms with Crippen LogP contribution >= 0.6 is 11.3 Å². The minimum absolute atomic E-state index is 0.397. The van der Waals surface area contributed by atoms with Crippen LogP contribution in [0.1, 0.15) is 29.0 Å². The highest BCUT2D eigenvalue weighted by Crippen LogP contribution is 2.27. The van der Waals surface area contributed by atoms with Gasteiger partial charge in [0.25, 0.3) is 0 Å². The number of hydrogen-bond donors (Lipinski definition) is 1. The van der Waals surface area contributed by atoms with Gasteiger partial charge in [0.2, 0.25) is 0 Å². The van der Waals surface area contributed by atoms with E-state index in [4.69, 9.17) is 0 Å². The van der Waals surface area contributed by atoms with Crippen LogP contribution < -0.4 is 5.32 Å². The first-order valence-electron chi connectivity index (χ1n) is 5.95. The fourth-order valence-electron chi connectivity index (χ4n) is 2.08. The Hall–Kier alpha value is -1.13. The first-order valence-corrected chi connectivity index (χ1v) is 6.83. The number of thiophene rings is 1. The number of aryl methyl sites for hydroxylation is 2. The second kappa shape index (κ2) is 5.47. The van der Waals surface area contributed by atoms with Crippen molar-refractivity contribution in [2.45, 2.75) is 25.8 Å². The molecule has 1 N–H and O–H groups in total. The molecule has 3 nitrogen and oxygen atoms in total. The third kappa shape index (κ3) is 2.76. The fourth-order valence-corrected chi connectivity index (χ4v) is 3.19. The molecule has 0 fully saturated rings. The van der Waals surface area contributed by atoms with E-state index in [1.54, 1.807) is 0 Å². The quantitative estimate of drug-likeness (QED) is 0.882. The van der Waals surface area contributed by atoms with Gasteiger partial charge in [0.15, 0.2) is 0 Å². The second-order valence-electron chi connectivity index (χ2n) is 4.23. The van der Waals surface area contributed by atoms with Crippen LogP contribution in [0.2, 0.25) is 0 Å². The number of nitrogens with one attached hydrogen (secondary N) is 1. The van der Waals surface area contributed by atoms with Gasteiger partial charge in [-0.3, -0.25) is 4.68 Å². The maximum absolute atomic E-state index is 4.22. The second-order valence-corrected chi connectivity index (χ2v) is 5.18. The van der Waals surface area contributed by atoms with Gasteiger partial charge in [-0.15, -0.1) is 11.3 Å². The van der Waals surface area contributed by atoms with Crippen molar-refractivity contribution in [3.63, 3.8) is 0 Å². The zero-order valence-corrected chi connectivity index (χ0v) is 11.4. The van der Waals surface area contributed by atoms with Crippen LogP contribution in [0, 0.1) is 0 Å². The molecule has 0 bridgehead atoms. The van der Waals surface area contributed by atoms with Gasteiger partial charge in [0.1, 0.15) is 0 Å². The van der Waals surface area contributed by atoms with Crippen molar-refractivity contribution in [1.29, 1.82) is 0 Å². The van der Waals surface area contributed by atoms with Crippen molar-refractivity contribution in [1.82, 2.24) is 15.1 Å². The van der Waals surface area contributed by atoms with E-state index in [9.17, 15) is 0 Å². The minimum Gasteiger partial charge on any atom is -0.312 e. The molecule has 1 atom stereocenters. The Morgan fingerprint density at radius 3 is 2.94 bits per heavy atom. The van der Waals surface area contributed by atoms with Crippen LogP contribution in [0.5, 0.6) is 0 Å². The molecule has 2 aromatic heterocycles. The van der Waals surface area contributed by atoms with Gasteiger partial charge < -0.3 is 5.32 Å². The Balaban J connectivity index is 2.16. The van der Waals surface area contributed by atoms with Crippen LogP contribution in [0.25, 0.3) is 0 Å². The number of nitrogens with zero attached hydrogens (tertiary/aromatic N) is 2. The highest BCUT2D eigenvalue weighted by molar-refractivity contribution is 7.10. The van der Waals surface area contributed by atoms with E-state index in [0.717, 1.165) is 12.8 Å². The normalized spacial score (nSPS) is 12.9. The van der Waals surface area contributed by atoms with Gasteiger partial charge in [-0.1, -0.05) is 6.92 Å². The molecule has 0 spiro atoms. The van der Waals surface area contributed by atoms with Gasteiger partial charge in [-0.25, -0.2) is 0 Å². The van der Waals surface area contributed by atoms with E-state index in [2.05, 4.69) is 35.0 Å². The van der Waals surface area contributed by atoms with Crippen LogP contribution in [0.4, 0.5) is 0 Å². The van der Waals surface area contributed by atoms with Crippen LogP contribution in [0.3, 0.4) is 0 Å². The SMILES string of the molecule is CCc1ccsc1C(Cc1cnn(C)c1)NC. The molecular formula is C13H19N3S. The molecule has 0 aliphatic rings. The van der Waals surface area contributed by atoms with Crippen LogP contribution in [-0.4, -0.2) is 16.8 Å². The van der Waals surface area contributed by atoms with Crippen molar-refractivity contribution in [3.8, 4) is 0 Å². The largest absolute Gasteiger partial charge is 0.312 e. The summed E-state index contributed by atoms with van der Waals surface area (Å²) in [4.78, 5) is 1.46. The average molecular weight is 249 g/mol. The first kappa shape index (κ1) is 12.3. The molecule has 92 valence electrons. The summed E-state index contributed by atoms with van der Waals surface area (Å²) in [5.74, 6) is 0. The summed E-state index contributed by atoms with van der Waals surface area (Å²) in [5, 5.41) is 9.81. The summed E-state index contributed by atoms with van der Waals surface area (Å²) < 4.78 is 1.86. The van der Waals surface area contributed by atoms with Gasteiger partial charge in [-0.05, 0) is 42.5 Å². The summed E-state index contributed by atoms with van der Waals surface area (Å²) in [6.45, 7) is 2.21. The molecule has 0 aliphatic heterocycles. The smallest absolute Gasteiger partial charge is 0.0522 e. The Morgan fingerprint density at radius 2 is 2.35 bits per heavy atom. The van der Waals surface area contributed by atoms with E-state index >= 15 is 0 Å². The summed E-state index contributed by atoms with van der Waals surface area (Å²) in [6, 6.07) is 2.63. The van der Waals surface area contributed by atoms with Gasteiger partial charge >= 0.3 is 0 Å². The first-order chi connectivity index (χ1) is 8.24. The summed E-state index contributed by atoms with van der Waals surface area (Å²) >= 11 is 1.84. The van der Waals surface area contributed by atoms with Gasteiger partial charge in [0.05, 0.1) is 6.20 Å². The maximum atomic E-state index is 4.22. The molecule has 2 aromatic rings. The Labute approximate surface area is 106 Å². The van der Waals surface area contributed by atoms with Crippen LogP contribution in [0.15, 0.2) is 23.8 Å². The molecule has 4 heteroatoms. The van der Waals surface area contributed by atoms with Crippen molar-refractivity contribution < 1.29 is 0 Å². The Morgan fingerprint density at radius 1 is 1.53 bits per heavy atom. The lowest BCUT2D eigenvalue weighted by molar-refractivity contribution is 0.597. The van der Waals surface area contributed by atoms with E-state index < -0.39 is 0 Å². The lowest BCUT2D eigenvalue weighted by atomic mass is 10.0. The van der Waals surface area contributed by atoms with Crippen molar-refractivity contribution >= 4 is 11.3 Å². The molecule has 0 aromatic carbocycles. The molecule has 17 heavy (non-hydrogen) atoms. The number of rotatable bonds is 5. The predicted octanol–water partition coefficient (Wildman–Crippen LogP) is 2.55. The zero-order chi connectivity index (χ0) is 12.3. The maximum Gasteiger partial charge on any atom is 0.0522 e. The van der Waals surface area contributed by atoms with E-state index in [-0.39, 0.29) is 0 Å². The molecule has 1 unspecified atom stereocenters. The highest BCUT2D eigenvalue weighted by atomic mass is 32.1.